The standard InChI is InChI=1S/C14H13N3O4/c1-17-5-4-8(7-12(17)18)13(19)16-11-3-2-9(14(20)21)6-10(11)15/h2-7H,15H2,1H3,(H,16,19)(H,20,21). The van der Waals surface area contributed by atoms with Crippen LogP contribution < -0.4 is 16.6 Å². The maximum Gasteiger partial charge on any atom is 0.335 e. The summed E-state index contributed by atoms with van der Waals surface area (Å²) in [5.74, 6) is -1.60. The van der Waals surface area contributed by atoms with E-state index >= 15 is 0 Å². The highest BCUT2D eigenvalue weighted by Crippen LogP contribution is 2.20. The second-order valence-electron chi connectivity index (χ2n) is 4.43. The zero-order valence-corrected chi connectivity index (χ0v) is 11.2. The number of pyridine rings is 1. The minimum atomic E-state index is -1.11. The normalized spacial score (nSPS) is 10.1. The van der Waals surface area contributed by atoms with Crippen molar-refractivity contribution in [3.8, 4) is 0 Å². The van der Waals surface area contributed by atoms with E-state index in [2.05, 4.69) is 5.32 Å². The van der Waals surface area contributed by atoms with Crippen LogP contribution in [0.15, 0.2) is 41.3 Å². The summed E-state index contributed by atoms with van der Waals surface area (Å²) in [5.41, 5.74) is 6.02. The highest BCUT2D eigenvalue weighted by Gasteiger charge is 2.11. The lowest BCUT2D eigenvalue weighted by molar-refractivity contribution is 0.0697. The van der Waals surface area contributed by atoms with Crippen molar-refractivity contribution in [3.63, 3.8) is 0 Å². The first kappa shape index (κ1) is 14.3. The molecule has 4 N–H and O–H groups in total. The Morgan fingerprint density at radius 3 is 2.48 bits per heavy atom. The minimum absolute atomic E-state index is 0.0269. The zero-order valence-electron chi connectivity index (χ0n) is 11.2. The van der Waals surface area contributed by atoms with Crippen LogP contribution in [0.3, 0.4) is 0 Å². The van der Waals surface area contributed by atoms with Crippen molar-refractivity contribution < 1.29 is 14.7 Å². The summed E-state index contributed by atoms with van der Waals surface area (Å²) in [6, 6.07) is 6.69. The van der Waals surface area contributed by atoms with Gasteiger partial charge in [0, 0.05) is 24.9 Å². The van der Waals surface area contributed by atoms with Crippen LogP contribution in [-0.2, 0) is 7.05 Å². The second kappa shape index (κ2) is 5.49. The lowest BCUT2D eigenvalue weighted by atomic mass is 10.1. The molecule has 2 rings (SSSR count). The first-order valence-electron chi connectivity index (χ1n) is 5.99. The number of anilines is 2. The number of hydrogen-bond donors (Lipinski definition) is 3. The Morgan fingerprint density at radius 1 is 1.19 bits per heavy atom. The average molecular weight is 287 g/mol. The number of nitrogen functional groups attached to an aromatic ring is 1. The third kappa shape index (κ3) is 3.08. The van der Waals surface area contributed by atoms with Crippen LogP contribution in [-0.4, -0.2) is 21.6 Å². The summed E-state index contributed by atoms with van der Waals surface area (Å²) < 4.78 is 1.34. The highest BCUT2D eigenvalue weighted by molar-refractivity contribution is 6.06. The first-order chi connectivity index (χ1) is 9.88. The number of benzene rings is 1. The fourth-order valence-electron chi connectivity index (χ4n) is 1.69. The van der Waals surface area contributed by atoms with E-state index < -0.39 is 11.9 Å². The minimum Gasteiger partial charge on any atom is -0.478 e. The number of aromatic carboxylic acids is 1. The lowest BCUT2D eigenvalue weighted by Gasteiger charge is -2.09. The molecule has 0 spiro atoms. The molecular formula is C14H13N3O4. The first-order valence-corrected chi connectivity index (χ1v) is 5.99. The Labute approximate surface area is 119 Å². The van der Waals surface area contributed by atoms with Gasteiger partial charge in [-0.2, -0.15) is 0 Å². The molecule has 7 nitrogen and oxygen atoms in total. The molecule has 1 heterocycles. The van der Waals surface area contributed by atoms with Gasteiger partial charge in [0.25, 0.3) is 11.5 Å². The number of nitrogens with two attached hydrogens (primary N) is 1. The molecule has 21 heavy (non-hydrogen) atoms. The smallest absolute Gasteiger partial charge is 0.335 e. The summed E-state index contributed by atoms with van der Waals surface area (Å²) in [5, 5.41) is 11.4. The predicted octanol–water partition coefficient (Wildman–Crippen LogP) is 0.918. The molecule has 7 heteroatoms. The molecule has 0 radical (unpaired) electrons. The van der Waals surface area contributed by atoms with Crippen molar-refractivity contribution in [3.05, 3.63) is 58.0 Å². The van der Waals surface area contributed by atoms with Gasteiger partial charge in [0.1, 0.15) is 0 Å². The van der Waals surface area contributed by atoms with E-state index in [1.54, 1.807) is 7.05 Å². The number of carboxylic acids is 1. The van der Waals surface area contributed by atoms with Crippen molar-refractivity contribution >= 4 is 23.3 Å². The van der Waals surface area contributed by atoms with Gasteiger partial charge >= 0.3 is 5.97 Å². The Morgan fingerprint density at radius 2 is 1.90 bits per heavy atom. The van der Waals surface area contributed by atoms with E-state index in [-0.39, 0.29) is 28.1 Å². The van der Waals surface area contributed by atoms with Crippen LogP contribution in [0.25, 0.3) is 0 Å². The highest BCUT2D eigenvalue weighted by atomic mass is 16.4. The number of nitrogens with one attached hydrogen (secondary N) is 1. The third-order valence-corrected chi connectivity index (χ3v) is 2.91. The number of carbonyl (C=O) groups excluding carboxylic acids is 1. The third-order valence-electron chi connectivity index (χ3n) is 2.91. The Hall–Kier alpha value is -3.09. The molecule has 0 fully saturated rings. The number of amides is 1. The number of rotatable bonds is 3. The molecule has 0 saturated carbocycles. The quantitative estimate of drug-likeness (QED) is 0.726. The summed E-state index contributed by atoms with van der Waals surface area (Å²) in [4.78, 5) is 34.3. The van der Waals surface area contributed by atoms with Crippen molar-refractivity contribution in [1.29, 1.82) is 0 Å². The van der Waals surface area contributed by atoms with Gasteiger partial charge in [-0.3, -0.25) is 9.59 Å². The molecule has 0 aliphatic rings. The molecule has 1 amide bonds. The number of hydrogen-bond acceptors (Lipinski definition) is 4. The molecule has 1 aromatic heterocycles. The van der Waals surface area contributed by atoms with Gasteiger partial charge < -0.3 is 20.7 Å². The Kier molecular flexibility index (Phi) is 3.75. The van der Waals surface area contributed by atoms with E-state index in [9.17, 15) is 14.4 Å². The SMILES string of the molecule is Cn1ccc(C(=O)Nc2ccc(C(=O)O)cc2N)cc1=O. The summed E-state index contributed by atoms with van der Waals surface area (Å²) in [6.45, 7) is 0. The van der Waals surface area contributed by atoms with Crippen molar-refractivity contribution in [2.24, 2.45) is 7.05 Å². The Balaban J connectivity index is 2.25. The van der Waals surface area contributed by atoms with E-state index in [0.29, 0.717) is 0 Å². The molecule has 1 aromatic carbocycles. The topological polar surface area (TPSA) is 114 Å². The van der Waals surface area contributed by atoms with Gasteiger partial charge in [0.05, 0.1) is 16.9 Å². The summed E-state index contributed by atoms with van der Waals surface area (Å²) >= 11 is 0. The van der Waals surface area contributed by atoms with E-state index in [1.165, 1.54) is 41.1 Å². The number of aryl methyl sites for hydroxylation is 1. The van der Waals surface area contributed by atoms with Gasteiger partial charge in [-0.25, -0.2) is 4.79 Å². The Bertz CT molecular complexity index is 780. The van der Waals surface area contributed by atoms with Crippen LogP contribution >= 0.6 is 0 Å². The molecule has 0 bridgehead atoms. The van der Waals surface area contributed by atoms with Crippen LogP contribution in [0.5, 0.6) is 0 Å². The van der Waals surface area contributed by atoms with E-state index in [0.717, 1.165) is 0 Å². The predicted molar refractivity (Wildman–Crippen MR) is 77.4 cm³/mol. The van der Waals surface area contributed by atoms with Gasteiger partial charge in [0.2, 0.25) is 0 Å². The van der Waals surface area contributed by atoms with Crippen LogP contribution in [0, 0.1) is 0 Å². The zero-order chi connectivity index (χ0) is 15.6. The molecule has 0 aliphatic carbocycles. The number of nitrogens with zero attached hydrogens (tertiary/aromatic N) is 1. The van der Waals surface area contributed by atoms with Crippen molar-refractivity contribution in [2.75, 3.05) is 11.1 Å². The average Bonchev–Trinajstić information content (AvgIpc) is 2.43. The molecule has 2 aromatic rings. The van der Waals surface area contributed by atoms with Crippen molar-refractivity contribution in [2.45, 2.75) is 0 Å². The van der Waals surface area contributed by atoms with Crippen LogP contribution in [0.2, 0.25) is 0 Å². The molecule has 108 valence electrons. The van der Waals surface area contributed by atoms with Crippen molar-refractivity contribution in [1.82, 2.24) is 4.57 Å². The summed E-state index contributed by atoms with van der Waals surface area (Å²) in [6.07, 6.45) is 1.48. The van der Waals surface area contributed by atoms with Crippen LogP contribution in [0.1, 0.15) is 20.7 Å². The fourth-order valence-corrected chi connectivity index (χ4v) is 1.69. The summed E-state index contributed by atoms with van der Waals surface area (Å²) in [7, 11) is 1.58. The van der Waals surface area contributed by atoms with Gasteiger partial charge in [-0.1, -0.05) is 0 Å². The number of carboxylic acid groups (broad SMARTS) is 1. The molecule has 0 unspecified atom stereocenters. The fraction of sp³-hybridized carbons (Fsp3) is 0.0714. The van der Waals surface area contributed by atoms with Gasteiger partial charge in [-0.15, -0.1) is 0 Å². The molecule has 0 aliphatic heterocycles. The largest absolute Gasteiger partial charge is 0.478 e. The number of carbonyl (C=O) groups is 2. The second-order valence-corrected chi connectivity index (χ2v) is 4.43. The lowest BCUT2D eigenvalue weighted by Crippen LogP contribution is -2.20. The molecule has 0 atom stereocenters. The van der Waals surface area contributed by atoms with Crippen LogP contribution in [0.4, 0.5) is 11.4 Å². The maximum absolute atomic E-state index is 12.0. The molecular weight excluding hydrogens is 274 g/mol. The van der Waals surface area contributed by atoms with E-state index in [1.807, 2.05) is 0 Å². The number of aromatic nitrogens is 1. The maximum atomic E-state index is 12.0. The van der Waals surface area contributed by atoms with E-state index in [4.69, 9.17) is 10.8 Å². The van der Waals surface area contributed by atoms with Gasteiger partial charge in [-0.05, 0) is 24.3 Å². The monoisotopic (exact) mass is 287 g/mol. The molecule has 0 saturated heterocycles. The van der Waals surface area contributed by atoms with Gasteiger partial charge in [0.15, 0.2) is 0 Å².